The molecule has 0 bridgehead atoms. The van der Waals surface area contributed by atoms with E-state index in [-0.39, 0.29) is 12.5 Å². The lowest BCUT2D eigenvalue weighted by Crippen LogP contribution is -2.05. The Hall–Kier alpha value is -1.52. The summed E-state index contributed by atoms with van der Waals surface area (Å²) in [6, 6.07) is 3.57. The van der Waals surface area contributed by atoms with Crippen LogP contribution in [0, 0.1) is 21.7 Å². The fourth-order valence-electron chi connectivity index (χ4n) is 1.28. The highest BCUT2D eigenvalue weighted by atomic mass is 19.2. The fraction of sp³-hybridized carbons (Fsp3) is 0.400. The van der Waals surface area contributed by atoms with Crippen LogP contribution in [0.5, 0.6) is 0 Å². The highest BCUT2D eigenvalue weighted by molar-refractivity contribution is 5.21. The largest absolute Gasteiger partial charge is 0.265 e. The number of nitro groups is 1. The summed E-state index contributed by atoms with van der Waals surface area (Å²) < 4.78 is 25.4. The zero-order valence-electron chi connectivity index (χ0n) is 8.24. The molecule has 1 aromatic rings. The number of nitrogens with zero attached hydrogens (tertiary/aromatic N) is 1. The van der Waals surface area contributed by atoms with Crippen molar-refractivity contribution in [2.75, 3.05) is 6.54 Å². The summed E-state index contributed by atoms with van der Waals surface area (Å²) in [4.78, 5) is 9.71. The number of hydrogen-bond acceptors (Lipinski definition) is 2. The molecule has 0 spiro atoms. The first-order valence-electron chi connectivity index (χ1n) is 4.57. The second-order valence-corrected chi connectivity index (χ2v) is 3.42. The Bertz CT molecular complexity index is 368. The molecule has 0 aliphatic heterocycles. The van der Waals surface area contributed by atoms with E-state index in [2.05, 4.69) is 0 Å². The van der Waals surface area contributed by atoms with E-state index in [1.807, 2.05) is 0 Å². The first kappa shape index (κ1) is 11.6. The van der Waals surface area contributed by atoms with Crippen LogP contribution in [0.2, 0.25) is 0 Å². The van der Waals surface area contributed by atoms with E-state index in [1.54, 1.807) is 6.92 Å². The van der Waals surface area contributed by atoms with Crippen LogP contribution in [-0.4, -0.2) is 11.5 Å². The summed E-state index contributed by atoms with van der Waals surface area (Å²) in [5.74, 6) is -1.97. The lowest BCUT2D eigenvalue weighted by molar-refractivity contribution is -0.480. The lowest BCUT2D eigenvalue weighted by Gasteiger charge is -2.09. The van der Waals surface area contributed by atoms with Crippen LogP contribution in [0.25, 0.3) is 0 Å². The highest BCUT2D eigenvalue weighted by Gasteiger charge is 2.11. The van der Waals surface area contributed by atoms with Gasteiger partial charge in [0.2, 0.25) is 6.54 Å². The molecule has 0 aromatic heterocycles. The Morgan fingerprint density at radius 1 is 1.40 bits per heavy atom. The maximum absolute atomic E-state index is 12.8. The Morgan fingerprint density at radius 2 is 2.07 bits per heavy atom. The highest BCUT2D eigenvalue weighted by Crippen LogP contribution is 2.20. The third kappa shape index (κ3) is 3.27. The van der Waals surface area contributed by atoms with Crippen LogP contribution in [0.4, 0.5) is 8.78 Å². The van der Waals surface area contributed by atoms with Gasteiger partial charge in [0.05, 0.1) is 0 Å². The standard InChI is InChI=1S/C10H11F2NO2/c1-7(4-5-13(14)15)8-2-3-9(11)10(12)6-8/h2-3,6-7H,4-5H2,1H3/t7-/m1/s1. The van der Waals surface area contributed by atoms with Gasteiger partial charge in [-0.15, -0.1) is 0 Å². The number of rotatable bonds is 4. The molecule has 15 heavy (non-hydrogen) atoms. The molecule has 0 unspecified atom stereocenters. The second kappa shape index (κ2) is 4.82. The zero-order chi connectivity index (χ0) is 11.4. The maximum atomic E-state index is 12.8. The molecule has 0 aliphatic carbocycles. The van der Waals surface area contributed by atoms with E-state index in [4.69, 9.17) is 0 Å². The van der Waals surface area contributed by atoms with Crippen molar-refractivity contribution in [1.82, 2.24) is 0 Å². The summed E-state index contributed by atoms with van der Waals surface area (Å²) in [6.07, 6.45) is 0.318. The fourth-order valence-corrected chi connectivity index (χ4v) is 1.28. The van der Waals surface area contributed by atoms with Crippen molar-refractivity contribution in [3.8, 4) is 0 Å². The SMILES string of the molecule is C[C@H](CC[N+](=O)[O-])c1ccc(F)c(F)c1. The number of halogens is 2. The third-order valence-corrected chi connectivity index (χ3v) is 2.26. The van der Waals surface area contributed by atoms with Crippen molar-refractivity contribution < 1.29 is 13.7 Å². The summed E-state index contributed by atoms with van der Waals surface area (Å²) in [5, 5.41) is 10.1. The number of benzene rings is 1. The molecule has 0 radical (unpaired) electrons. The molecule has 0 heterocycles. The van der Waals surface area contributed by atoms with Gasteiger partial charge in [0.15, 0.2) is 11.6 Å². The summed E-state index contributed by atoms with van der Waals surface area (Å²) in [5.41, 5.74) is 0.579. The molecule has 82 valence electrons. The van der Waals surface area contributed by atoms with Gasteiger partial charge < -0.3 is 0 Å². The smallest absolute Gasteiger partial charge is 0.204 e. The van der Waals surface area contributed by atoms with Crippen molar-refractivity contribution in [1.29, 1.82) is 0 Å². The molecule has 1 aromatic carbocycles. The van der Waals surface area contributed by atoms with Gasteiger partial charge >= 0.3 is 0 Å². The van der Waals surface area contributed by atoms with E-state index >= 15 is 0 Å². The van der Waals surface area contributed by atoms with Gasteiger partial charge in [0.1, 0.15) is 0 Å². The Kier molecular flexibility index (Phi) is 3.71. The summed E-state index contributed by atoms with van der Waals surface area (Å²) in [6.45, 7) is 1.58. The van der Waals surface area contributed by atoms with Crippen LogP contribution in [0.1, 0.15) is 24.8 Å². The molecule has 3 nitrogen and oxygen atoms in total. The van der Waals surface area contributed by atoms with Crippen molar-refractivity contribution in [3.05, 3.63) is 45.5 Å². The third-order valence-electron chi connectivity index (χ3n) is 2.26. The second-order valence-electron chi connectivity index (χ2n) is 3.42. The van der Waals surface area contributed by atoms with E-state index in [0.717, 1.165) is 12.1 Å². The Morgan fingerprint density at radius 3 is 2.60 bits per heavy atom. The van der Waals surface area contributed by atoms with Gasteiger partial charge in [-0.05, 0) is 23.6 Å². The molecule has 0 fully saturated rings. The monoisotopic (exact) mass is 215 g/mol. The average Bonchev–Trinajstić information content (AvgIpc) is 2.18. The minimum absolute atomic E-state index is 0.148. The molecule has 0 saturated heterocycles. The molecule has 0 saturated carbocycles. The van der Waals surface area contributed by atoms with Crippen LogP contribution >= 0.6 is 0 Å². The molecule has 0 amide bonds. The first-order valence-corrected chi connectivity index (χ1v) is 4.57. The zero-order valence-corrected chi connectivity index (χ0v) is 8.24. The van der Waals surface area contributed by atoms with Crippen molar-refractivity contribution in [2.24, 2.45) is 0 Å². The van der Waals surface area contributed by atoms with E-state index in [9.17, 15) is 18.9 Å². The molecule has 1 rings (SSSR count). The van der Waals surface area contributed by atoms with Crippen LogP contribution in [0.15, 0.2) is 18.2 Å². The molecular formula is C10H11F2NO2. The minimum Gasteiger partial charge on any atom is -0.265 e. The van der Waals surface area contributed by atoms with E-state index < -0.39 is 16.6 Å². The topological polar surface area (TPSA) is 43.1 Å². The van der Waals surface area contributed by atoms with Crippen molar-refractivity contribution >= 4 is 0 Å². The van der Waals surface area contributed by atoms with Gasteiger partial charge in [0, 0.05) is 11.3 Å². The molecule has 0 N–H and O–H groups in total. The van der Waals surface area contributed by atoms with Crippen LogP contribution in [-0.2, 0) is 0 Å². The van der Waals surface area contributed by atoms with Crippen LogP contribution in [0.3, 0.4) is 0 Å². The van der Waals surface area contributed by atoms with Crippen molar-refractivity contribution in [3.63, 3.8) is 0 Å². The molecule has 1 atom stereocenters. The predicted octanol–water partition coefficient (Wildman–Crippen LogP) is 2.74. The van der Waals surface area contributed by atoms with Gasteiger partial charge in [-0.25, -0.2) is 8.78 Å². The Labute approximate surface area is 85.9 Å². The van der Waals surface area contributed by atoms with Gasteiger partial charge in [-0.2, -0.15) is 0 Å². The first-order chi connectivity index (χ1) is 7.00. The van der Waals surface area contributed by atoms with E-state index in [1.165, 1.54) is 6.07 Å². The Balaban J connectivity index is 2.69. The number of hydrogen-bond donors (Lipinski definition) is 0. The van der Waals surface area contributed by atoms with Gasteiger partial charge in [-0.3, -0.25) is 10.1 Å². The molecule has 0 aliphatic rings. The quantitative estimate of drug-likeness (QED) is 0.572. The van der Waals surface area contributed by atoms with Crippen molar-refractivity contribution in [2.45, 2.75) is 19.3 Å². The average molecular weight is 215 g/mol. The lowest BCUT2D eigenvalue weighted by atomic mass is 9.98. The summed E-state index contributed by atoms with van der Waals surface area (Å²) >= 11 is 0. The predicted molar refractivity (Wildman–Crippen MR) is 51.3 cm³/mol. The van der Waals surface area contributed by atoms with Crippen LogP contribution < -0.4 is 0 Å². The van der Waals surface area contributed by atoms with E-state index in [0.29, 0.717) is 12.0 Å². The molecular weight excluding hydrogens is 204 g/mol. The normalized spacial score (nSPS) is 12.5. The maximum Gasteiger partial charge on any atom is 0.204 e. The van der Waals surface area contributed by atoms with Gasteiger partial charge in [-0.1, -0.05) is 13.0 Å². The van der Waals surface area contributed by atoms with Gasteiger partial charge in [0.25, 0.3) is 0 Å². The molecule has 5 heteroatoms. The minimum atomic E-state index is -0.916. The summed E-state index contributed by atoms with van der Waals surface area (Å²) in [7, 11) is 0.